The van der Waals surface area contributed by atoms with Crippen molar-refractivity contribution < 1.29 is 5.11 Å². The van der Waals surface area contributed by atoms with E-state index in [0.717, 1.165) is 43.0 Å². The normalized spacial score (nSPS) is 19.6. The van der Waals surface area contributed by atoms with Crippen LogP contribution in [-0.4, -0.2) is 45.3 Å². The van der Waals surface area contributed by atoms with Crippen molar-refractivity contribution in [3.05, 3.63) is 27.4 Å². The molecule has 1 fully saturated rings. The van der Waals surface area contributed by atoms with Crippen molar-refractivity contribution in [3.63, 3.8) is 0 Å². The molecule has 8 heteroatoms. The van der Waals surface area contributed by atoms with E-state index in [1.54, 1.807) is 11.6 Å². The first-order valence-electron chi connectivity index (χ1n) is 7.72. The zero-order valence-electron chi connectivity index (χ0n) is 13.6. The quantitative estimate of drug-likeness (QED) is 0.822. The number of nitrogens with zero attached hydrogens (tertiary/aromatic N) is 3. The van der Waals surface area contributed by atoms with E-state index < -0.39 is 0 Å². The summed E-state index contributed by atoms with van der Waals surface area (Å²) in [4.78, 5) is 18.9. The fraction of sp³-hybridized carbons (Fsp3) is 0.733. The van der Waals surface area contributed by atoms with E-state index in [1.807, 2.05) is 6.92 Å². The molecule has 0 saturated carbocycles. The molecule has 6 nitrogen and oxygen atoms in total. The Balaban J connectivity index is 0.00000132. The van der Waals surface area contributed by atoms with Gasteiger partial charge in [-0.25, -0.2) is 4.98 Å². The Labute approximate surface area is 149 Å². The molecule has 2 N–H and O–H groups in total. The van der Waals surface area contributed by atoms with Gasteiger partial charge in [0.1, 0.15) is 5.82 Å². The van der Waals surface area contributed by atoms with Crippen LogP contribution in [-0.2, 0) is 20.1 Å². The third-order valence-electron chi connectivity index (χ3n) is 4.82. The van der Waals surface area contributed by atoms with Crippen molar-refractivity contribution in [1.82, 2.24) is 19.8 Å². The first kappa shape index (κ1) is 20.4. The maximum absolute atomic E-state index is 12.2. The standard InChI is InChI=1S/C15H24N4O2.2ClH/c1-10-17-13-8-19(7-12(13)15(21)18(10)2)9-14(20)11-3-5-16-6-4-11;;/h11,14,16,20H,3-9H2,1-2H3;2*1H. The molecule has 1 atom stereocenters. The van der Waals surface area contributed by atoms with E-state index >= 15 is 0 Å². The highest BCUT2D eigenvalue weighted by atomic mass is 35.5. The van der Waals surface area contributed by atoms with E-state index in [0.29, 0.717) is 25.6 Å². The molecule has 1 aromatic rings. The molecular formula is C15H26Cl2N4O2. The average molecular weight is 365 g/mol. The van der Waals surface area contributed by atoms with Crippen LogP contribution in [0.2, 0.25) is 0 Å². The molecule has 2 aliphatic heterocycles. The van der Waals surface area contributed by atoms with E-state index in [1.165, 1.54) is 0 Å². The van der Waals surface area contributed by atoms with Crippen LogP contribution in [0, 0.1) is 12.8 Å². The Hall–Kier alpha value is -0.660. The van der Waals surface area contributed by atoms with Crippen LogP contribution in [0.5, 0.6) is 0 Å². The second-order valence-electron chi connectivity index (χ2n) is 6.27. The second kappa shape index (κ2) is 8.44. The van der Waals surface area contributed by atoms with Crippen molar-refractivity contribution >= 4 is 24.8 Å². The summed E-state index contributed by atoms with van der Waals surface area (Å²) in [6.45, 7) is 5.75. The molecule has 1 unspecified atom stereocenters. The van der Waals surface area contributed by atoms with E-state index in [4.69, 9.17) is 0 Å². The van der Waals surface area contributed by atoms with Crippen LogP contribution in [0.4, 0.5) is 0 Å². The number of halogens is 2. The van der Waals surface area contributed by atoms with Crippen LogP contribution in [0.25, 0.3) is 0 Å². The lowest BCUT2D eigenvalue weighted by molar-refractivity contribution is 0.0492. The summed E-state index contributed by atoms with van der Waals surface area (Å²) in [5.74, 6) is 1.12. The maximum atomic E-state index is 12.2. The van der Waals surface area contributed by atoms with Crippen molar-refractivity contribution in [3.8, 4) is 0 Å². The van der Waals surface area contributed by atoms with Gasteiger partial charge >= 0.3 is 0 Å². The highest BCUT2D eigenvalue weighted by Gasteiger charge is 2.29. The van der Waals surface area contributed by atoms with Gasteiger partial charge in [0.05, 0.1) is 17.4 Å². The lowest BCUT2D eigenvalue weighted by Gasteiger charge is -2.29. The predicted molar refractivity (Wildman–Crippen MR) is 94.4 cm³/mol. The number of rotatable bonds is 3. The molecule has 0 aliphatic carbocycles. The van der Waals surface area contributed by atoms with Gasteiger partial charge in [0, 0.05) is 26.7 Å². The number of fused-ring (bicyclic) bond motifs is 1. The van der Waals surface area contributed by atoms with Crippen LogP contribution < -0.4 is 10.9 Å². The van der Waals surface area contributed by atoms with Crippen LogP contribution >= 0.6 is 24.8 Å². The fourth-order valence-corrected chi connectivity index (χ4v) is 3.36. The van der Waals surface area contributed by atoms with E-state index in [-0.39, 0.29) is 36.5 Å². The molecule has 1 aromatic heterocycles. The molecule has 0 aromatic carbocycles. The SMILES string of the molecule is Cc1nc2c(c(=O)n1C)CN(CC(O)C1CCNCC1)C2.Cl.Cl. The molecule has 0 amide bonds. The van der Waals surface area contributed by atoms with E-state index in [2.05, 4.69) is 15.2 Å². The van der Waals surface area contributed by atoms with Crippen LogP contribution in [0.1, 0.15) is 29.9 Å². The predicted octanol–water partition coefficient (Wildman–Crippen LogP) is 0.608. The monoisotopic (exact) mass is 364 g/mol. The molecular weight excluding hydrogens is 339 g/mol. The lowest BCUT2D eigenvalue weighted by Crippen LogP contribution is -2.39. The minimum absolute atomic E-state index is 0. The van der Waals surface area contributed by atoms with Gasteiger partial charge in [-0.3, -0.25) is 14.3 Å². The number of aryl methyl sites for hydroxylation is 1. The smallest absolute Gasteiger partial charge is 0.258 e. The zero-order valence-corrected chi connectivity index (χ0v) is 15.3. The number of hydrogen-bond donors (Lipinski definition) is 2. The number of β-amino-alcohol motifs (C(OH)–C–C–N with tert-alkyl or cyclic N) is 1. The molecule has 2 aliphatic rings. The Bertz CT molecular complexity index is 588. The highest BCUT2D eigenvalue weighted by Crippen LogP contribution is 2.22. The van der Waals surface area contributed by atoms with Gasteiger partial charge in [0.25, 0.3) is 5.56 Å². The van der Waals surface area contributed by atoms with Crippen molar-refractivity contribution in [2.24, 2.45) is 13.0 Å². The number of hydrogen-bond acceptors (Lipinski definition) is 5. The summed E-state index contributed by atoms with van der Waals surface area (Å²) in [7, 11) is 1.76. The van der Waals surface area contributed by atoms with Gasteiger partial charge in [-0.2, -0.15) is 0 Å². The molecule has 0 radical (unpaired) electrons. The lowest BCUT2D eigenvalue weighted by atomic mass is 9.92. The molecule has 132 valence electrons. The van der Waals surface area contributed by atoms with Gasteiger partial charge in [0.2, 0.25) is 0 Å². The summed E-state index contributed by atoms with van der Waals surface area (Å²) in [6.07, 6.45) is 1.74. The molecule has 23 heavy (non-hydrogen) atoms. The first-order valence-corrected chi connectivity index (χ1v) is 7.72. The molecule has 0 bridgehead atoms. The molecule has 0 spiro atoms. The van der Waals surface area contributed by atoms with Gasteiger partial charge in [0.15, 0.2) is 0 Å². The Kier molecular flexibility index (Phi) is 7.48. The summed E-state index contributed by atoms with van der Waals surface area (Å²) >= 11 is 0. The maximum Gasteiger partial charge on any atom is 0.258 e. The highest BCUT2D eigenvalue weighted by molar-refractivity contribution is 5.85. The van der Waals surface area contributed by atoms with Crippen LogP contribution in [0.3, 0.4) is 0 Å². The topological polar surface area (TPSA) is 70.4 Å². The third kappa shape index (κ3) is 4.25. The summed E-state index contributed by atoms with van der Waals surface area (Å²) < 4.78 is 1.60. The third-order valence-corrected chi connectivity index (χ3v) is 4.82. The summed E-state index contributed by atoms with van der Waals surface area (Å²) in [5, 5.41) is 13.7. The minimum atomic E-state index is -0.314. The second-order valence-corrected chi connectivity index (χ2v) is 6.27. The number of aliphatic hydroxyl groups excluding tert-OH is 1. The minimum Gasteiger partial charge on any atom is -0.392 e. The van der Waals surface area contributed by atoms with Crippen molar-refractivity contribution in [2.75, 3.05) is 19.6 Å². The Morgan fingerprint density at radius 3 is 2.61 bits per heavy atom. The number of aromatic nitrogens is 2. The van der Waals surface area contributed by atoms with Gasteiger partial charge in [-0.1, -0.05) is 0 Å². The Morgan fingerprint density at radius 1 is 1.30 bits per heavy atom. The zero-order chi connectivity index (χ0) is 15.0. The van der Waals surface area contributed by atoms with Crippen LogP contribution in [0.15, 0.2) is 4.79 Å². The number of aliphatic hydroxyl groups is 1. The first-order chi connectivity index (χ1) is 10.1. The Morgan fingerprint density at radius 2 is 1.96 bits per heavy atom. The largest absolute Gasteiger partial charge is 0.392 e. The van der Waals surface area contributed by atoms with Crippen molar-refractivity contribution in [2.45, 2.75) is 39.0 Å². The molecule has 3 heterocycles. The summed E-state index contributed by atoms with van der Waals surface area (Å²) in [6, 6.07) is 0. The van der Waals surface area contributed by atoms with E-state index in [9.17, 15) is 9.90 Å². The molecule has 1 saturated heterocycles. The summed E-state index contributed by atoms with van der Waals surface area (Å²) in [5.41, 5.74) is 1.73. The average Bonchev–Trinajstić information content (AvgIpc) is 2.88. The molecule has 3 rings (SSSR count). The van der Waals surface area contributed by atoms with Gasteiger partial charge in [-0.15, -0.1) is 24.8 Å². The number of piperidine rings is 1. The van der Waals surface area contributed by atoms with Gasteiger partial charge in [-0.05, 0) is 38.8 Å². The van der Waals surface area contributed by atoms with Crippen molar-refractivity contribution in [1.29, 1.82) is 0 Å². The fourth-order valence-electron chi connectivity index (χ4n) is 3.36. The number of nitrogens with one attached hydrogen (secondary N) is 1. The van der Waals surface area contributed by atoms with Gasteiger partial charge < -0.3 is 10.4 Å².